The second-order valence-corrected chi connectivity index (χ2v) is 8.36. The molecule has 0 saturated heterocycles. The number of aromatic nitrogens is 2. The van der Waals surface area contributed by atoms with Crippen LogP contribution in [0.15, 0.2) is 67.1 Å². The number of nitrogens with zero attached hydrogens (tertiary/aromatic N) is 2. The van der Waals surface area contributed by atoms with E-state index in [2.05, 4.69) is 20.6 Å². The maximum Gasteiger partial charge on any atom is 0.516 e. The van der Waals surface area contributed by atoms with Crippen molar-refractivity contribution < 1.29 is 49.5 Å². The molecule has 0 saturated carbocycles. The Bertz CT molecular complexity index is 1330. The lowest BCUT2D eigenvalue weighted by molar-refractivity contribution is -0.192. The zero-order chi connectivity index (χ0) is 27.9. The van der Waals surface area contributed by atoms with Gasteiger partial charge in [-0.25, -0.2) is 9.78 Å². The maximum atomic E-state index is 12.4. The molecule has 3 aromatic rings. The molecule has 17 heteroatoms. The van der Waals surface area contributed by atoms with Gasteiger partial charge in [0.2, 0.25) is 0 Å². The predicted molar refractivity (Wildman–Crippen MR) is 118 cm³/mol. The molecule has 4 N–H and O–H groups in total. The molecule has 10 nitrogen and oxygen atoms in total. The molecule has 1 aromatic heterocycles. The zero-order valence-electron chi connectivity index (χ0n) is 18.0. The molecule has 0 unspecified atom stereocenters. The lowest BCUT2D eigenvalue weighted by Gasteiger charge is -2.11. The van der Waals surface area contributed by atoms with Gasteiger partial charge in [-0.3, -0.25) is 14.5 Å². The van der Waals surface area contributed by atoms with E-state index in [1.165, 1.54) is 35.4 Å². The Labute approximate surface area is 204 Å². The number of benzene rings is 2. The van der Waals surface area contributed by atoms with Crippen molar-refractivity contribution in [2.75, 3.05) is 15.4 Å². The van der Waals surface area contributed by atoms with E-state index in [0.29, 0.717) is 17.1 Å². The maximum absolute atomic E-state index is 12.4. The molecule has 37 heavy (non-hydrogen) atoms. The fraction of sp³-hybridized carbons (Fsp3) is 0.100. The number of anilines is 4. The summed E-state index contributed by atoms with van der Waals surface area (Å²) in [5, 5.41) is 12.7. The van der Waals surface area contributed by atoms with Gasteiger partial charge in [-0.15, -0.1) is 0 Å². The molecule has 0 atom stereocenters. The van der Waals surface area contributed by atoms with Crippen LogP contribution in [0.1, 0.15) is 10.4 Å². The molecule has 0 aliphatic rings. The topological polar surface area (TPSA) is 150 Å². The first kappa shape index (κ1) is 28.8. The number of aliphatic carboxylic acids is 1. The van der Waals surface area contributed by atoms with E-state index >= 15 is 0 Å². The largest absolute Gasteiger partial charge is 0.516 e. The van der Waals surface area contributed by atoms with Gasteiger partial charge in [-0.05, 0) is 42.5 Å². The minimum absolute atomic E-state index is 0.266. The SMILES string of the molecule is O=C(Nc1ccc(NS(=O)(=O)C(F)(F)F)cc1)c1cccc(Nc2cnccn2)c1.O=C(O)C(F)(F)F. The number of carbonyl (C=O) groups excluding carboxylic acids is 1. The highest BCUT2D eigenvalue weighted by Crippen LogP contribution is 2.26. The molecular weight excluding hydrogens is 536 g/mol. The zero-order valence-corrected chi connectivity index (χ0v) is 18.8. The molecule has 0 aliphatic heterocycles. The number of sulfonamides is 1. The highest BCUT2D eigenvalue weighted by molar-refractivity contribution is 7.93. The molecule has 0 bridgehead atoms. The van der Waals surface area contributed by atoms with Gasteiger partial charge in [0.25, 0.3) is 5.91 Å². The third kappa shape index (κ3) is 8.95. The first-order valence-corrected chi connectivity index (χ1v) is 11.0. The van der Waals surface area contributed by atoms with Gasteiger partial charge in [0.05, 0.1) is 6.20 Å². The first-order valence-electron chi connectivity index (χ1n) is 9.52. The quantitative estimate of drug-likeness (QED) is 0.330. The number of alkyl halides is 6. The van der Waals surface area contributed by atoms with Gasteiger partial charge in [0, 0.05) is 35.0 Å². The average molecular weight is 551 g/mol. The number of halogens is 6. The smallest absolute Gasteiger partial charge is 0.475 e. The van der Waals surface area contributed by atoms with Crippen LogP contribution in [-0.4, -0.2) is 47.1 Å². The van der Waals surface area contributed by atoms with Crippen molar-refractivity contribution >= 4 is 44.8 Å². The van der Waals surface area contributed by atoms with Crippen LogP contribution >= 0.6 is 0 Å². The predicted octanol–water partition coefficient (Wildman–Crippen LogP) is 4.37. The highest BCUT2D eigenvalue weighted by atomic mass is 32.2. The Balaban J connectivity index is 0.000000604. The van der Waals surface area contributed by atoms with E-state index in [4.69, 9.17) is 9.90 Å². The Kier molecular flexibility index (Phi) is 9.00. The molecule has 1 heterocycles. The second kappa shape index (κ2) is 11.5. The third-order valence-corrected chi connectivity index (χ3v) is 5.02. The fourth-order valence-electron chi connectivity index (χ4n) is 2.29. The first-order chi connectivity index (χ1) is 17.1. The Morgan fingerprint density at radius 1 is 0.865 bits per heavy atom. The molecule has 1 amide bonds. The number of carboxylic acid groups (broad SMARTS) is 1. The van der Waals surface area contributed by atoms with Gasteiger partial charge in [0.1, 0.15) is 5.82 Å². The summed E-state index contributed by atoms with van der Waals surface area (Å²) in [4.78, 5) is 29.3. The number of rotatable bonds is 6. The summed E-state index contributed by atoms with van der Waals surface area (Å²) in [6.07, 6.45) is -0.535. The summed E-state index contributed by atoms with van der Waals surface area (Å²) in [6.45, 7) is 0. The van der Waals surface area contributed by atoms with Crippen LogP contribution in [0, 0.1) is 0 Å². The monoisotopic (exact) mass is 551 g/mol. The fourth-order valence-corrected chi connectivity index (χ4v) is 2.85. The van der Waals surface area contributed by atoms with Gasteiger partial charge in [-0.1, -0.05) is 6.07 Å². The number of hydrogen-bond acceptors (Lipinski definition) is 7. The van der Waals surface area contributed by atoms with Crippen molar-refractivity contribution in [2.45, 2.75) is 11.7 Å². The van der Waals surface area contributed by atoms with Crippen LogP contribution in [0.5, 0.6) is 0 Å². The average Bonchev–Trinajstić information content (AvgIpc) is 2.80. The Hall–Kier alpha value is -4.41. The normalized spacial score (nSPS) is 11.5. The number of carbonyl (C=O) groups is 2. The van der Waals surface area contributed by atoms with Crippen LogP contribution in [-0.2, 0) is 14.8 Å². The molecule has 198 valence electrons. The molecule has 0 fully saturated rings. The highest BCUT2D eigenvalue weighted by Gasteiger charge is 2.46. The van der Waals surface area contributed by atoms with Crippen LogP contribution in [0.2, 0.25) is 0 Å². The molecule has 0 aliphatic carbocycles. The van der Waals surface area contributed by atoms with Crippen molar-refractivity contribution in [2.24, 2.45) is 0 Å². The van der Waals surface area contributed by atoms with Gasteiger partial charge in [-0.2, -0.15) is 34.8 Å². The van der Waals surface area contributed by atoms with E-state index in [-0.39, 0.29) is 11.4 Å². The van der Waals surface area contributed by atoms with Crippen LogP contribution in [0.4, 0.5) is 49.2 Å². The third-order valence-electron chi connectivity index (χ3n) is 3.90. The Morgan fingerprint density at radius 3 is 1.97 bits per heavy atom. The number of nitrogens with one attached hydrogen (secondary N) is 3. The summed E-state index contributed by atoms with van der Waals surface area (Å²) in [6, 6.07) is 11.3. The van der Waals surface area contributed by atoms with E-state index in [0.717, 1.165) is 12.1 Å². The van der Waals surface area contributed by atoms with E-state index in [9.17, 15) is 39.6 Å². The molecular formula is C20H15F6N5O5S. The van der Waals surface area contributed by atoms with Crippen molar-refractivity contribution in [3.05, 3.63) is 72.7 Å². The van der Waals surface area contributed by atoms with Gasteiger partial charge in [0.15, 0.2) is 0 Å². The minimum atomic E-state index is -5.51. The lowest BCUT2D eigenvalue weighted by Crippen LogP contribution is -2.29. The molecule has 2 aromatic carbocycles. The van der Waals surface area contributed by atoms with Crippen molar-refractivity contribution in [1.29, 1.82) is 0 Å². The van der Waals surface area contributed by atoms with Crippen LogP contribution in [0.3, 0.4) is 0 Å². The second-order valence-electron chi connectivity index (χ2n) is 6.68. The van der Waals surface area contributed by atoms with Gasteiger partial charge >= 0.3 is 27.7 Å². The summed E-state index contributed by atoms with van der Waals surface area (Å²) in [7, 11) is -5.51. The summed E-state index contributed by atoms with van der Waals surface area (Å²) in [5.74, 6) is -2.74. The van der Waals surface area contributed by atoms with Crippen molar-refractivity contribution in [3.63, 3.8) is 0 Å². The minimum Gasteiger partial charge on any atom is -0.475 e. The number of hydrogen-bond donors (Lipinski definition) is 4. The number of amides is 1. The van der Waals surface area contributed by atoms with Crippen LogP contribution in [0.25, 0.3) is 0 Å². The number of carboxylic acids is 1. The standard InChI is InChI=1S/C18H14F3N5O3S.C2HF3O2/c19-18(20,21)30(28,29)26-14-6-4-13(5-7-14)25-17(27)12-2-1-3-15(10-12)24-16-11-22-8-9-23-16;3-2(4,5)1(6)7/h1-11,26H,(H,23,24)(H,25,27);(H,6,7). The molecule has 3 rings (SSSR count). The van der Waals surface area contributed by atoms with Crippen LogP contribution < -0.4 is 15.4 Å². The molecule has 0 spiro atoms. The Morgan fingerprint density at radius 2 is 1.46 bits per heavy atom. The molecule has 0 radical (unpaired) electrons. The van der Waals surface area contributed by atoms with Gasteiger partial charge < -0.3 is 15.7 Å². The van der Waals surface area contributed by atoms with E-state index < -0.39 is 33.6 Å². The summed E-state index contributed by atoms with van der Waals surface area (Å²) in [5.41, 5.74) is -4.54. The van der Waals surface area contributed by atoms with E-state index in [1.54, 1.807) is 24.3 Å². The summed E-state index contributed by atoms with van der Waals surface area (Å²) < 4.78 is 92.6. The summed E-state index contributed by atoms with van der Waals surface area (Å²) >= 11 is 0. The van der Waals surface area contributed by atoms with E-state index in [1.807, 2.05) is 0 Å². The lowest BCUT2D eigenvalue weighted by atomic mass is 10.2. The van der Waals surface area contributed by atoms with Crippen molar-refractivity contribution in [1.82, 2.24) is 9.97 Å². The van der Waals surface area contributed by atoms with Crippen molar-refractivity contribution in [3.8, 4) is 0 Å².